The summed E-state index contributed by atoms with van der Waals surface area (Å²) in [5, 5.41) is 12.7. The van der Waals surface area contributed by atoms with Gasteiger partial charge in [-0.15, -0.1) is 0 Å². The van der Waals surface area contributed by atoms with Crippen LogP contribution in [0.3, 0.4) is 0 Å². The summed E-state index contributed by atoms with van der Waals surface area (Å²) in [6.07, 6.45) is -1.53. The second-order valence-electron chi connectivity index (χ2n) is 7.16. The maximum absolute atomic E-state index is 13.8. The summed E-state index contributed by atoms with van der Waals surface area (Å²) in [5.41, 5.74) is -1.33. The molecule has 0 saturated heterocycles. The summed E-state index contributed by atoms with van der Waals surface area (Å²) in [6, 6.07) is 0.220. The quantitative estimate of drug-likeness (QED) is 0.531. The van der Waals surface area contributed by atoms with Crippen molar-refractivity contribution in [3.8, 4) is 0 Å². The molecule has 0 aliphatic heterocycles. The molecule has 2 N–H and O–H groups in total. The van der Waals surface area contributed by atoms with Crippen molar-refractivity contribution in [1.29, 1.82) is 0 Å². The average Bonchev–Trinajstić information content (AvgIpc) is 3.02. The van der Waals surface area contributed by atoms with E-state index in [0.717, 1.165) is 6.07 Å². The third-order valence-corrected chi connectivity index (χ3v) is 3.49. The number of halogens is 2. The number of alkyl carbamates (subject to hydrolysis) is 1. The Hall–Kier alpha value is -3.01. The van der Waals surface area contributed by atoms with E-state index in [2.05, 4.69) is 16.9 Å². The summed E-state index contributed by atoms with van der Waals surface area (Å²) in [6.45, 7) is 8.21. The van der Waals surface area contributed by atoms with E-state index in [1.54, 1.807) is 20.8 Å². The molecule has 0 fully saturated rings. The third kappa shape index (κ3) is 6.24. The minimum Gasteiger partial charge on any atom is -0.458 e. The minimum atomic E-state index is -1.53. The van der Waals surface area contributed by atoms with Crippen molar-refractivity contribution in [2.24, 2.45) is 0 Å². The molecule has 29 heavy (non-hydrogen) atoms. The van der Waals surface area contributed by atoms with Crippen LogP contribution in [-0.4, -0.2) is 40.4 Å². The van der Waals surface area contributed by atoms with Crippen molar-refractivity contribution in [3.63, 3.8) is 0 Å². The zero-order valence-corrected chi connectivity index (χ0v) is 16.2. The topological polar surface area (TPSA) is 111 Å². The van der Waals surface area contributed by atoms with E-state index in [9.17, 15) is 23.5 Å². The van der Waals surface area contributed by atoms with Crippen LogP contribution in [0.2, 0.25) is 0 Å². The molecule has 1 amide bonds. The van der Waals surface area contributed by atoms with Crippen LogP contribution in [0.5, 0.6) is 0 Å². The second kappa shape index (κ2) is 8.99. The molecule has 1 unspecified atom stereocenters. The molecule has 0 aliphatic rings. The van der Waals surface area contributed by atoms with Crippen molar-refractivity contribution < 1.29 is 37.4 Å². The van der Waals surface area contributed by atoms with Crippen LogP contribution in [0.1, 0.15) is 39.2 Å². The first-order valence-corrected chi connectivity index (χ1v) is 8.70. The highest BCUT2D eigenvalue weighted by molar-refractivity contribution is 5.81. The molecule has 0 radical (unpaired) electrons. The van der Waals surface area contributed by atoms with Gasteiger partial charge in [-0.05, 0) is 20.8 Å². The monoisotopic (exact) mass is 412 g/mol. The lowest BCUT2D eigenvalue weighted by atomic mass is 10.1. The van der Waals surface area contributed by atoms with Crippen molar-refractivity contribution >= 4 is 23.2 Å². The fraction of sp³-hybridized carbons (Fsp3) is 0.421. The molecule has 0 saturated carbocycles. The Morgan fingerprint density at radius 3 is 2.69 bits per heavy atom. The van der Waals surface area contributed by atoms with Gasteiger partial charge in [-0.2, -0.15) is 0 Å². The van der Waals surface area contributed by atoms with Gasteiger partial charge in [0, 0.05) is 18.6 Å². The summed E-state index contributed by atoms with van der Waals surface area (Å²) in [4.78, 5) is 28.0. The number of nitrogens with zero attached hydrogens (tertiary/aromatic N) is 1. The van der Waals surface area contributed by atoms with Crippen LogP contribution < -0.4 is 5.32 Å². The van der Waals surface area contributed by atoms with E-state index in [4.69, 9.17) is 13.9 Å². The Kier molecular flexibility index (Phi) is 6.91. The van der Waals surface area contributed by atoms with Gasteiger partial charge in [-0.1, -0.05) is 12.7 Å². The highest BCUT2D eigenvalue weighted by atomic mass is 19.1. The number of carbonyl (C=O) groups is 2. The molecule has 0 aliphatic carbocycles. The Labute approximate surface area is 165 Å². The number of hydrogen-bond donors (Lipinski definition) is 2. The van der Waals surface area contributed by atoms with Crippen molar-refractivity contribution in [2.45, 2.75) is 44.9 Å². The zero-order chi connectivity index (χ0) is 21.8. The van der Waals surface area contributed by atoms with Gasteiger partial charge in [0.05, 0.1) is 0 Å². The molecule has 8 nitrogen and oxygen atoms in total. The van der Waals surface area contributed by atoms with E-state index in [0.29, 0.717) is 6.07 Å². The molecule has 158 valence electrons. The minimum absolute atomic E-state index is 0.0919. The largest absolute Gasteiger partial charge is 0.458 e. The number of hydrogen-bond acceptors (Lipinski definition) is 7. The van der Waals surface area contributed by atoms with Gasteiger partial charge >= 0.3 is 12.1 Å². The van der Waals surface area contributed by atoms with Crippen LogP contribution in [0.25, 0.3) is 11.1 Å². The van der Waals surface area contributed by atoms with Crippen LogP contribution in [-0.2, 0) is 14.3 Å². The number of aliphatic hydroxyl groups is 1. The molecule has 1 heterocycles. The highest BCUT2D eigenvalue weighted by Crippen LogP contribution is 2.26. The van der Waals surface area contributed by atoms with E-state index < -0.39 is 47.9 Å². The number of benzene rings is 1. The van der Waals surface area contributed by atoms with E-state index in [-0.39, 0.29) is 23.6 Å². The number of aromatic nitrogens is 1. The maximum atomic E-state index is 13.8. The fourth-order valence-electron chi connectivity index (χ4n) is 2.35. The molecule has 0 bridgehead atoms. The van der Waals surface area contributed by atoms with Crippen LogP contribution >= 0.6 is 0 Å². The lowest BCUT2D eigenvalue weighted by Gasteiger charge is -2.25. The Bertz CT molecular complexity index is 906. The van der Waals surface area contributed by atoms with Crippen LogP contribution in [0.15, 0.2) is 29.2 Å². The first-order chi connectivity index (χ1) is 13.5. The number of amides is 1. The van der Waals surface area contributed by atoms with Gasteiger partial charge < -0.3 is 24.3 Å². The van der Waals surface area contributed by atoms with Gasteiger partial charge in [-0.25, -0.2) is 23.4 Å². The Morgan fingerprint density at radius 1 is 1.38 bits per heavy atom. The zero-order valence-electron chi connectivity index (χ0n) is 16.2. The molecular formula is C19H22F2N2O6. The lowest BCUT2D eigenvalue weighted by Crippen LogP contribution is -2.45. The number of nitrogens with one attached hydrogen (secondary N) is 1. The van der Waals surface area contributed by atoms with E-state index in [1.165, 1.54) is 6.08 Å². The predicted octanol–water partition coefficient (Wildman–Crippen LogP) is 3.15. The summed E-state index contributed by atoms with van der Waals surface area (Å²) in [7, 11) is 0. The van der Waals surface area contributed by atoms with E-state index in [1.807, 2.05) is 0 Å². The van der Waals surface area contributed by atoms with Crippen molar-refractivity contribution in [2.75, 3.05) is 6.61 Å². The first kappa shape index (κ1) is 22.3. The first-order valence-electron chi connectivity index (χ1n) is 8.70. The predicted molar refractivity (Wildman–Crippen MR) is 97.8 cm³/mol. The number of fused-ring (bicyclic) bond motifs is 1. The number of oxazole rings is 1. The molecule has 2 aromatic rings. The molecular weight excluding hydrogens is 390 g/mol. The van der Waals surface area contributed by atoms with Crippen LogP contribution in [0, 0.1) is 11.6 Å². The van der Waals surface area contributed by atoms with E-state index >= 15 is 0 Å². The highest BCUT2D eigenvalue weighted by Gasteiger charge is 2.31. The van der Waals surface area contributed by atoms with Gasteiger partial charge in [0.1, 0.15) is 35.7 Å². The average molecular weight is 412 g/mol. The molecule has 10 heteroatoms. The number of esters is 1. The molecule has 0 spiro atoms. The van der Waals surface area contributed by atoms with Crippen molar-refractivity contribution in [1.82, 2.24) is 10.3 Å². The number of aliphatic hydroxyl groups excluding tert-OH is 1. The fourth-order valence-corrected chi connectivity index (χ4v) is 2.35. The van der Waals surface area contributed by atoms with Gasteiger partial charge in [0.25, 0.3) is 0 Å². The summed E-state index contributed by atoms with van der Waals surface area (Å²) >= 11 is 0. The molecule has 1 aromatic heterocycles. The van der Waals surface area contributed by atoms with Crippen LogP contribution in [0.4, 0.5) is 13.6 Å². The molecule has 2 atom stereocenters. The normalized spacial score (nSPS) is 13.6. The lowest BCUT2D eigenvalue weighted by molar-refractivity contribution is -0.158. The number of rotatable bonds is 7. The summed E-state index contributed by atoms with van der Waals surface area (Å²) < 4.78 is 42.3. The SMILES string of the molecule is C=CCOC(=O)NC(C[C@H](O)c1nc2c(F)cc(F)cc2o1)C(=O)OC(C)(C)C. The number of ether oxygens (including phenoxy) is 2. The second-order valence-corrected chi connectivity index (χ2v) is 7.16. The van der Waals surface area contributed by atoms with Gasteiger partial charge in [0.2, 0.25) is 5.89 Å². The molecule has 1 aromatic carbocycles. The Balaban J connectivity index is 2.21. The Morgan fingerprint density at radius 2 is 2.07 bits per heavy atom. The number of carbonyl (C=O) groups excluding carboxylic acids is 2. The van der Waals surface area contributed by atoms with Gasteiger partial charge in [-0.3, -0.25) is 0 Å². The standard InChI is InChI=1S/C19H22F2N2O6/c1-5-6-27-18(26)22-12(17(25)29-19(2,3)4)9-13(24)16-23-15-11(21)7-10(20)8-14(15)28-16/h5,7-8,12-13,24H,1,6,9H2,2-4H3,(H,22,26)/t12?,13-/m0/s1. The molecule has 2 rings (SSSR count). The van der Waals surface area contributed by atoms with Gasteiger partial charge in [0.15, 0.2) is 11.4 Å². The maximum Gasteiger partial charge on any atom is 0.408 e. The summed E-state index contributed by atoms with van der Waals surface area (Å²) in [5.74, 6) is -3.01. The van der Waals surface area contributed by atoms with Crippen molar-refractivity contribution in [3.05, 3.63) is 42.3 Å². The third-order valence-electron chi connectivity index (χ3n) is 3.49. The smallest absolute Gasteiger partial charge is 0.408 e.